The van der Waals surface area contributed by atoms with E-state index in [1.54, 1.807) is 6.07 Å². The van der Waals surface area contributed by atoms with Crippen molar-refractivity contribution in [3.63, 3.8) is 0 Å². The van der Waals surface area contributed by atoms with Gasteiger partial charge in [0.2, 0.25) is 0 Å². The summed E-state index contributed by atoms with van der Waals surface area (Å²) >= 11 is 1.41. The number of rotatable bonds is 3. The van der Waals surface area contributed by atoms with Crippen molar-refractivity contribution in [2.45, 2.75) is 16.3 Å². The maximum Gasteiger partial charge on any atom is 0.137 e. The maximum atomic E-state index is 13.6. The first-order valence-electron chi connectivity index (χ1n) is 5.01. The Morgan fingerprint density at radius 3 is 2.44 bits per heavy atom. The smallest absolute Gasteiger partial charge is 0.137 e. The Labute approximate surface area is 98.5 Å². The van der Waals surface area contributed by atoms with Crippen molar-refractivity contribution in [1.82, 2.24) is 0 Å². The van der Waals surface area contributed by atoms with Gasteiger partial charge in [-0.2, -0.15) is 0 Å². The zero-order chi connectivity index (χ0) is 11.4. The zero-order valence-electron chi connectivity index (χ0n) is 8.69. The van der Waals surface area contributed by atoms with E-state index < -0.39 is 0 Å². The predicted octanol–water partition coefficient (Wildman–Crippen LogP) is 3.44. The first-order valence-corrected chi connectivity index (χ1v) is 5.83. The van der Waals surface area contributed by atoms with Gasteiger partial charge in [-0.3, -0.25) is 0 Å². The minimum absolute atomic E-state index is 0.211. The van der Waals surface area contributed by atoms with Crippen LogP contribution >= 0.6 is 11.8 Å². The molecule has 0 spiro atoms. The van der Waals surface area contributed by atoms with Gasteiger partial charge in [-0.25, -0.2) is 4.39 Å². The van der Waals surface area contributed by atoms with E-state index >= 15 is 0 Å². The van der Waals surface area contributed by atoms with Crippen molar-refractivity contribution in [3.05, 3.63) is 59.9 Å². The standard InChI is InChI=1S/C13H12FNS/c14-12-8-4-5-10(9-15)13(12)16-11-6-2-1-3-7-11/h1-8H,9,15H2. The van der Waals surface area contributed by atoms with Crippen molar-refractivity contribution in [1.29, 1.82) is 0 Å². The van der Waals surface area contributed by atoms with E-state index in [1.165, 1.54) is 17.8 Å². The fraction of sp³-hybridized carbons (Fsp3) is 0.0769. The lowest BCUT2D eigenvalue weighted by Crippen LogP contribution is -1.99. The molecule has 2 N–H and O–H groups in total. The minimum atomic E-state index is -0.211. The number of hydrogen-bond donors (Lipinski definition) is 1. The van der Waals surface area contributed by atoms with Gasteiger partial charge in [0.05, 0.1) is 4.90 Å². The molecule has 0 atom stereocenters. The van der Waals surface area contributed by atoms with Gasteiger partial charge in [0, 0.05) is 11.4 Å². The lowest BCUT2D eigenvalue weighted by atomic mass is 10.2. The Kier molecular flexibility index (Phi) is 3.59. The van der Waals surface area contributed by atoms with Crippen LogP contribution in [0.25, 0.3) is 0 Å². The Hall–Kier alpha value is -1.32. The molecular formula is C13H12FNS. The van der Waals surface area contributed by atoms with Crippen LogP contribution < -0.4 is 5.73 Å². The zero-order valence-corrected chi connectivity index (χ0v) is 9.51. The van der Waals surface area contributed by atoms with E-state index in [4.69, 9.17) is 5.73 Å². The number of benzene rings is 2. The van der Waals surface area contributed by atoms with E-state index in [-0.39, 0.29) is 5.82 Å². The van der Waals surface area contributed by atoms with Crippen LogP contribution in [-0.2, 0) is 6.54 Å². The number of halogens is 1. The van der Waals surface area contributed by atoms with Crippen LogP contribution in [0.15, 0.2) is 58.3 Å². The van der Waals surface area contributed by atoms with Gasteiger partial charge in [-0.15, -0.1) is 0 Å². The fourth-order valence-corrected chi connectivity index (χ4v) is 2.41. The molecule has 0 radical (unpaired) electrons. The van der Waals surface area contributed by atoms with Crippen molar-refractivity contribution in [3.8, 4) is 0 Å². The van der Waals surface area contributed by atoms with E-state index in [9.17, 15) is 4.39 Å². The molecule has 0 amide bonds. The van der Waals surface area contributed by atoms with Gasteiger partial charge in [0.1, 0.15) is 5.82 Å². The Balaban J connectivity index is 2.34. The lowest BCUT2D eigenvalue weighted by molar-refractivity contribution is 0.597. The molecule has 82 valence electrons. The molecule has 0 fully saturated rings. The van der Waals surface area contributed by atoms with Crippen LogP contribution in [0.4, 0.5) is 4.39 Å². The van der Waals surface area contributed by atoms with E-state index in [2.05, 4.69) is 0 Å². The van der Waals surface area contributed by atoms with Crippen LogP contribution in [0.1, 0.15) is 5.56 Å². The summed E-state index contributed by atoms with van der Waals surface area (Å²) < 4.78 is 13.6. The molecule has 0 heterocycles. The van der Waals surface area contributed by atoms with Crippen LogP contribution in [0.3, 0.4) is 0 Å². The molecule has 0 bridgehead atoms. The molecule has 0 saturated carbocycles. The van der Waals surface area contributed by atoms with Gasteiger partial charge in [0.25, 0.3) is 0 Å². The Bertz CT molecular complexity index is 471. The summed E-state index contributed by atoms with van der Waals surface area (Å²) in [5, 5.41) is 0. The summed E-state index contributed by atoms with van der Waals surface area (Å²) in [6.45, 7) is 0.354. The predicted molar refractivity (Wildman–Crippen MR) is 64.9 cm³/mol. The SMILES string of the molecule is NCc1cccc(F)c1Sc1ccccc1. The molecule has 0 saturated heterocycles. The minimum Gasteiger partial charge on any atom is -0.326 e. The molecule has 0 aromatic heterocycles. The second kappa shape index (κ2) is 5.14. The molecule has 2 rings (SSSR count). The molecule has 0 aliphatic heterocycles. The molecule has 2 aromatic rings. The summed E-state index contributed by atoms with van der Waals surface area (Å²) in [6, 6.07) is 14.7. The van der Waals surface area contributed by atoms with Crippen LogP contribution in [0.5, 0.6) is 0 Å². The van der Waals surface area contributed by atoms with Crippen LogP contribution in [0.2, 0.25) is 0 Å². The number of hydrogen-bond acceptors (Lipinski definition) is 2. The summed E-state index contributed by atoms with van der Waals surface area (Å²) in [7, 11) is 0. The van der Waals surface area contributed by atoms with Crippen molar-refractivity contribution in [2.75, 3.05) is 0 Å². The molecule has 0 aliphatic rings. The summed E-state index contributed by atoms with van der Waals surface area (Å²) in [4.78, 5) is 1.64. The molecule has 3 heteroatoms. The average Bonchev–Trinajstić information content (AvgIpc) is 2.33. The average molecular weight is 233 g/mol. The number of nitrogens with two attached hydrogens (primary N) is 1. The van der Waals surface area contributed by atoms with Crippen LogP contribution in [-0.4, -0.2) is 0 Å². The van der Waals surface area contributed by atoms with Crippen molar-refractivity contribution >= 4 is 11.8 Å². The molecule has 1 nitrogen and oxygen atoms in total. The molecule has 0 aliphatic carbocycles. The summed E-state index contributed by atoms with van der Waals surface area (Å²) in [5.74, 6) is -0.211. The highest BCUT2D eigenvalue weighted by Gasteiger charge is 2.08. The summed E-state index contributed by atoms with van der Waals surface area (Å²) in [5.41, 5.74) is 6.43. The Morgan fingerprint density at radius 1 is 1.00 bits per heavy atom. The van der Waals surface area contributed by atoms with Gasteiger partial charge < -0.3 is 5.73 Å². The third-order valence-corrected chi connectivity index (χ3v) is 3.40. The van der Waals surface area contributed by atoms with Gasteiger partial charge >= 0.3 is 0 Å². The highest BCUT2D eigenvalue weighted by Crippen LogP contribution is 2.32. The first-order chi connectivity index (χ1) is 7.81. The van der Waals surface area contributed by atoms with Crippen molar-refractivity contribution < 1.29 is 4.39 Å². The highest BCUT2D eigenvalue weighted by atomic mass is 32.2. The summed E-state index contributed by atoms with van der Waals surface area (Å²) in [6.07, 6.45) is 0. The van der Waals surface area contributed by atoms with E-state index in [0.29, 0.717) is 11.4 Å². The largest absolute Gasteiger partial charge is 0.326 e. The molecule has 2 aromatic carbocycles. The van der Waals surface area contributed by atoms with Crippen LogP contribution in [0, 0.1) is 5.82 Å². The Morgan fingerprint density at radius 2 is 1.75 bits per heavy atom. The van der Waals surface area contributed by atoms with Gasteiger partial charge in [-0.1, -0.05) is 42.1 Å². The van der Waals surface area contributed by atoms with Gasteiger partial charge in [-0.05, 0) is 23.8 Å². The van der Waals surface area contributed by atoms with E-state index in [1.807, 2.05) is 36.4 Å². The lowest BCUT2D eigenvalue weighted by Gasteiger charge is -2.08. The molecular weight excluding hydrogens is 221 g/mol. The third-order valence-electron chi connectivity index (χ3n) is 2.23. The van der Waals surface area contributed by atoms with Gasteiger partial charge in [0.15, 0.2) is 0 Å². The maximum absolute atomic E-state index is 13.6. The monoisotopic (exact) mass is 233 g/mol. The molecule has 16 heavy (non-hydrogen) atoms. The van der Waals surface area contributed by atoms with E-state index in [0.717, 1.165) is 10.5 Å². The second-order valence-electron chi connectivity index (χ2n) is 3.35. The quantitative estimate of drug-likeness (QED) is 0.878. The molecule has 0 unspecified atom stereocenters. The normalized spacial score (nSPS) is 10.4. The fourth-order valence-electron chi connectivity index (χ4n) is 1.43. The first kappa shape index (κ1) is 11.2. The van der Waals surface area contributed by atoms with Crippen molar-refractivity contribution in [2.24, 2.45) is 5.73 Å². The topological polar surface area (TPSA) is 26.0 Å². The highest BCUT2D eigenvalue weighted by molar-refractivity contribution is 7.99. The second-order valence-corrected chi connectivity index (χ2v) is 4.43. The third kappa shape index (κ3) is 2.43.